The second kappa shape index (κ2) is 4.94. The summed E-state index contributed by atoms with van der Waals surface area (Å²) >= 11 is 0. The minimum atomic E-state index is -0.421. The van der Waals surface area contributed by atoms with Gasteiger partial charge in [-0.25, -0.2) is 0 Å². The van der Waals surface area contributed by atoms with E-state index >= 15 is 0 Å². The van der Waals surface area contributed by atoms with Crippen LogP contribution in [0.2, 0.25) is 0 Å². The van der Waals surface area contributed by atoms with Gasteiger partial charge in [-0.1, -0.05) is 13.8 Å². The largest absolute Gasteiger partial charge is 0.300 e. The van der Waals surface area contributed by atoms with Gasteiger partial charge in [0.15, 0.2) is 0 Å². The summed E-state index contributed by atoms with van der Waals surface area (Å²) in [5, 5.41) is 10.4. The summed E-state index contributed by atoms with van der Waals surface area (Å²) in [5.74, 6) is 0.0329. The van der Waals surface area contributed by atoms with Crippen molar-refractivity contribution in [2.45, 2.75) is 40.0 Å². The maximum Gasteiger partial charge on any atom is 0.209 e. The highest BCUT2D eigenvalue weighted by atomic mass is 16.6. The summed E-state index contributed by atoms with van der Waals surface area (Å²) in [7, 11) is 0. The third-order valence-electron chi connectivity index (χ3n) is 2.59. The molecule has 0 saturated carbocycles. The zero-order chi connectivity index (χ0) is 10.5. The minimum Gasteiger partial charge on any atom is -0.300 e. The van der Waals surface area contributed by atoms with E-state index in [9.17, 15) is 14.9 Å². The van der Waals surface area contributed by atoms with Crippen molar-refractivity contribution in [1.29, 1.82) is 0 Å². The highest BCUT2D eigenvalue weighted by molar-refractivity contribution is 5.76. The fourth-order valence-electron chi connectivity index (χ4n) is 1.58. The van der Waals surface area contributed by atoms with E-state index in [0.29, 0.717) is 19.3 Å². The molecule has 0 heterocycles. The number of carbonyl (C=O) groups is 1. The van der Waals surface area contributed by atoms with Gasteiger partial charge in [0.25, 0.3) is 0 Å². The SMILES string of the molecule is CCC(CC)(CC(C)=O)C[N+](=O)[O-]. The van der Waals surface area contributed by atoms with Crippen molar-refractivity contribution < 1.29 is 9.72 Å². The Hall–Kier alpha value is -0.930. The molecule has 0 aromatic heterocycles. The summed E-state index contributed by atoms with van der Waals surface area (Å²) in [6.07, 6.45) is 1.69. The Morgan fingerprint density at radius 3 is 2.08 bits per heavy atom. The Kier molecular flexibility index (Phi) is 4.59. The molecular weight excluding hydrogens is 170 g/mol. The highest BCUT2D eigenvalue weighted by Crippen LogP contribution is 2.30. The summed E-state index contributed by atoms with van der Waals surface area (Å²) in [4.78, 5) is 21.0. The number of rotatable bonds is 6. The molecule has 0 unspecified atom stereocenters. The molecular formula is C9H17NO3. The van der Waals surface area contributed by atoms with E-state index in [-0.39, 0.29) is 17.3 Å². The Bertz CT molecular complexity index is 179. The predicted octanol–water partition coefficient (Wildman–Crippen LogP) is 2.05. The molecule has 0 saturated heterocycles. The van der Waals surface area contributed by atoms with Crippen molar-refractivity contribution in [1.82, 2.24) is 0 Å². The van der Waals surface area contributed by atoms with E-state index in [0.717, 1.165) is 0 Å². The van der Waals surface area contributed by atoms with Gasteiger partial charge in [-0.05, 0) is 19.8 Å². The molecule has 0 atom stereocenters. The molecule has 76 valence electrons. The molecule has 0 spiro atoms. The molecule has 0 N–H and O–H groups in total. The lowest BCUT2D eigenvalue weighted by molar-refractivity contribution is -0.497. The van der Waals surface area contributed by atoms with Crippen molar-refractivity contribution in [3.63, 3.8) is 0 Å². The third kappa shape index (κ3) is 4.01. The number of hydrogen-bond acceptors (Lipinski definition) is 3. The van der Waals surface area contributed by atoms with Crippen LogP contribution in [0.5, 0.6) is 0 Å². The topological polar surface area (TPSA) is 60.2 Å². The van der Waals surface area contributed by atoms with Crippen LogP contribution >= 0.6 is 0 Å². The molecule has 0 aliphatic rings. The Labute approximate surface area is 78.5 Å². The molecule has 4 heteroatoms. The molecule has 0 aromatic carbocycles. The van der Waals surface area contributed by atoms with Crippen molar-refractivity contribution in [2.75, 3.05) is 6.54 Å². The number of carbonyl (C=O) groups excluding carboxylic acids is 1. The van der Waals surface area contributed by atoms with Crippen molar-refractivity contribution in [3.8, 4) is 0 Å². The van der Waals surface area contributed by atoms with Gasteiger partial charge in [-0.3, -0.25) is 10.1 Å². The normalized spacial score (nSPS) is 11.3. The average molecular weight is 187 g/mol. The van der Waals surface area contributed by atoms with Crippen LogP contribution < -0.4 is 0 Å². The first kappa shape index (κ1) is 12.1. The molecule has 0 radical (unpaired) electrons. The summed E-state index contributed by atoms with van der Waals surface area (Å²) in [6.45, 7) is 5.19. The third-order valence-corrected chi connectivity index (χ3v) is 2.59. The minimum absolute atomic E-state index is 0.0329. The van der Waals surface area contributed by atoms with E-state index < -0.39 is 5.41 Å². The Morgan fingerprint density at radius 1 is 1.38 bits per heavy atom. The van der Waals surface area contributed by atoms with E-state index in [1.54, 1.807) is 0 Å². The van der Waals surface area contributed by atoms with Crippen LogP contribution in [0.3, 0.4) is 0 Å². The van der Waals surface area contributed by atoms with Crippen LogP contribution in [0.1, 0.15) is 40.0 Å². The fourth-order valence-corrected chi connectivity index (χ4v) is 1.58. The summed E-state index contributed by atoms with van der Waals surface area (Å²) in [6, 6.07) is 0. The lowest BCUT2D eigenvalue weighted by atomic mass is 9.78. The van der Waals surface area contributed by atoms with Gasteiger partial charge in [-0.15, -0.1) is 0 Å². The Morgan fingerprint density at radius 2 is 1.85 bits per heavy atom. The van der Waals surface area contributed by atoms with E-state index in [4.69, 9.17) is 0 Å². The summed E-state index contributed by atoms with van der Waals surface area (Å²) in [5.41, 5.74) is -0.421. The van der Waals surface area contributed by atoms with Gasteiger partial charge in [0, 0.05) is 16.8 Å². The quantitative estimate of drug-likeness (QED) is 0.472. The van der Waals surface area contributed by atoms with Crippen LogP contribution in [0.4, 0.5) is 0 Å². The van der Waals surface area contributed by atoms with Crippen molar-refractivity contribution in [2.24, 2.45) is 5.41 Å². The molecule has 0 aliphatic heterocycles. The van der Waals surface area contributed by atoms with Crippen LogP contribution in [-0.2, 0) is 4.79 Å². The number of hydrogen-bond donors (Lipinski definition) is 0. The average Bonchev–Trinajstić information content (AvgIpc) is 2.01. The molecule has 0 bridgehead atoms. The first-order valence-electron chi connectivity index (χ1n) is 4.57. The zero-order valence-electron chi connectivity index (χ0n) is 8.50. The van der Waals surface area contributed by atoms with Gasteiger partial charge in [-0.2, -0.15) is 0 Å². The van der Waals surface area contributed by atoms with Crippen LogP contribution in [0.25, 0.3) is 0 Å². The van der Waals surface area contributed by atoms with Gasteiger partial charge in [0.1, 0.15) is 5.78 Å². The first-order valence-corrected chi connectivity index (χ1v) is 4.57. The van der Waals surface area contributed by atoms with Gasteiger partial charge < -0.3 is 4.79 Å². The lowest BCUT2D eigenvalue weighted by Crippen LogP contribution is -2.30. The maximum atomic E-state index is 10.9. The number of ketones is 1. The smallest absolute Gasteiger partial charge is 0.209 e. The van der Waals surface area contributed by atoms with E-state index in [1.165, 1.54) is 6.92 Å². The van der Waals surface area contributed by atoms with Crippen LogP contribution in [-0.4, -0.2) is 17.3 Å². The molecule has 4 nitrogen and oxygen atoms in total. The monoisotopic (exact) mass is 187 g/mol. The molecule has 13 heavy (non-hydrogen) atoms. The van der Waals surface area contributed by atoms with Crippen LogP contribution in [0.15, 0.2) is 0 Å². The van der Waals surface area contributed by atoms with Crippen LogP contribution in [0, 0.1) is 15.5 Å². The van der Waals surface area contributed by atoms with E-state index in [1.807, 2.05) is 13.8 Å². The number of nitrogens with zero attached hydrogens (tertiary/aromatic N) is 1. The van der Waals surface area contributed by atoms with E-state index in [2.05, 4.69) is 0 Å². The highest BCUT2D eigenvalue weighted by Gasteiger charge is 2.33. The molecule has 0 rings (SSSR count). The van der Waals surface area contributed by atoms with Crippen molar-refractivity contribution >= 4 is 5.78 Å². The second-order valence-electron chi connectivity index (χ2n) is 3.58. The molecule has 0 fully saturated rings. The Balaban J connectivity index is 4.48. The van der Waals surface area contributed by atoms with Crippen molar-refractivity contribution in [3.05, 3.63) is 10.1 Å². The predicted molar refractivity (Wildman–Crippen MR) is 50.2 cm³/mol. The first-order chi connectivity index (χ1) is 5.95. The van der Waals surface area contributed by atoms with Gasteiger partial charge >= 0.3 is 0 Å². The standard InChI is InChI=1S/C9H17NO3/c1-4-9(5-2,6-8(3)11)7-10(12)13/h4-7H2,1-3H3. The number of Topliss-reactive ketones (excluding diaryl/α,β-unsaturated/α-hetero) is 1. The summed E-state index contributed by atoms with van der Waals surface area (Å²) < 4.78 is 0. The zero-order valence-corrected chi connectivity index (χ0v) is 8.50. The molecule has 0 aromatic rings. The fraction of sp³-hybridized carbons (Fsp3) is 0.889. The second-order valence-corrected chi connectivity index (χ2v) is 3.58. The number of nitro groups is 1. The molecule has 0 amide bonds. The van der Waals surface area contributed by atoms with Gasteiger partial charge in [0.05, 0.1) is 0 Å². The lowest BCUT2D eigenvalue weighted by Gasteiger charge is -2.25. The maximum absolute atomic E-state index is 10.9. The molecule has 0 aliphatic carbocycles. The van der Waals surface area contributed by atoms with Gasteiger partial charge in [0.2, 0.25) is 6.54 Å².